The molecule has 4 heteroatoms. The van der Waals surface area contributed by atoms with Gasteiger partial charge in [0.15, 0.2) is 6.10 Å². The van der Waals surface area contributed by atoms with Crippen molar-refractivity contribution in [3.05, 3.63) is 0 Å². The Hall–Kier alpha value is -1.06. The topological polar surface area (TPSA) is 69.4 Å². The fourth-order valence-electron chi connectivity index (χ4n) is 4.23. The zero-order valence-corrected chi connectivity index (χ0v) is 21.6. The summed E-state index contributed by atoms with van der Waals surface area (Å²) in [6, 6.07) is 0. The normalized spacial score (nSPS) is 12.1. The zero-order valence-electron chi connectivity index (χ0n) is 21.6. The van der Waals surface area contributed by atoms with Crippen molar-refractivity contribution >= 4 is 11.9 Å². The van der Waals surface area contributed by atoms with Crippen LogP contribution in [-0.2, 0) is 14.3 Å². The van der Waals surface area contributed by atoms with Crippen LogP contribution in [0.2, 0.25) is 0 Å². The van der Waals surface area contributed by atoms with Crippen LogP contribution < -0.4 is 5.73 Å². The number of unbranched alkanes of at least 4 members (excludes halogenated alkanes) is 19. The van der Waals surface area contributed by atoms with E-state index in [1.807, 2.05) is 0 Å². The van der Waals surface area contributed by atoms with Crippen LogP contribution in [0.25, 0.3) is 0 Å². The Morgan fingerprint density at radius 1 is 0.562 bits per heavy atom. The summed E-state index contributed by atoms with van der Waals surface area (Å²) in [7, 11) is 0. The Morgan fingerprint density at radius 2 is 0.906 bits per heavy atom. The van der Waals surface area contributed by atoms with E-state index in [4.69, 9.17) is 10.5 Å². The zero-order chi connectivity index (χ0) is 23.7. The van der Waals surface area contributed by atoms with Gasteiger partial charge in [-0.1, -0.05) is 136 Å². The third kappa shape index (κ3) is 22.1. The summed E-state index contributed by atoms with van der Waals surface area (Å²) >= 11 is 0. The number of carbonyl (C=O) groups is 2. The molecule has 0 rings (SSSR count). The maximum atomic E-state index is 12.1. The molecule has 0 fully saturated rings. The lowest BCUT2D eigenvalue weighted by molar-refractivity contribution is -0.155. The molecule has 0 bridgehead atoms. The molecule has 0 spiro atoms. The molecule has 0 aliphatic rings. The van der Waals surface area contributed by atoms with Crippen LogP contribution in [0.3, 0.4) is 0 Å². The fraction of sp³-hybridized carbons (Fsp3) is 0.929. The lowest BCUT2D eigenvalue weighted by Crippen LogP contribution is -2.33. The van der Waals surface area contributed by atoms with Gasteiger partial charge in [0.2, 0.25) is 0 Å². The van der Waals surface area contributed by atoms with E-state index in [-0.39, 0.29) is 5.97 Å². The number of esters is 1. The van der Waals surface area contributed by atoms with Gasteiger partial charge in [-0.2, -0.15) is 0 Å². The molecule has 0 aliphatic heterocycles. The van der Waals surface area contributed by atoms with E-state index in [0.717, 1.165) is 25.7 Å². The third-order valence-corrected chi connectivity index (χ3v) is 6.40. The first kappa shape index (κ1) is 30.9. The Balaban J connectivity index is 3.60. The molecule has 0 aromatic rings. The Kier molecular flexibility index (Phi) is 23.8. The molecule has 0 radical (unpaired) electrons. The van der Waals surface area contributed by atoms with Crippen LogP contribution in [0.4, 0.5) is 0 Å². The Morgan fingerprint density at radius 3 is 1.28 bits per heavy atom. The molecule has 0 aliphatic carbocycles. The van der Waals surface area contributed by atoms with Crippen molar-refractivity contribution in [2.24, 2.45) is 5.73 Å². The van der Waals surface area contributed by atoms with Crippen LogP contribution >= 0.6 is 0 Å². The molecule has 32 heavy (non-hydrogen) atoms. The summed E-state index contributed by atoms with van der Waals surface area (Å²) in [6.07, 6.45) is 26.4. The Labute approximate surface area is 199 Å². The Bertz CT molecular complexity index is 425. The van der Waals surface area contributed by atoms with E-state index in [1.54, 1.807) is 0 Å². The summed E-state index contributed by atoms with van der Waals surface area (Å²) in [5, 5.41) is 0. The van der Waals surface area contributed by atoms with Gasteiger partial charge in [0, 0.05) is 6.42 Å². The summed E-state index contributed by atoms with van der Waals surface area (Å²) in [5.74, 6) is -0.773. The molecule has 0 aromatic carbocycles. The molecule has 0 saturated carbocycles. The first-order valence-electron chi connectivity index (χ1n) is 14.1. The molecule has 0 heterocycles. The molecule has 190 valence electrons. The third-order valence-electron chi connectivity index (χ3n) is 6.40. The van der Waals surface area contributed by atoms with E-state index in [0.29, 0.717) is 12.8 Å². The number of rotatable bonds is 25. The van der Waals surface area contributed by atoms with E-state index in [9.17, 15) is 9.59 Å². The molecule has 4 nitrogen and oxygen atoms in total. The van der Waals surface area contributed by atoms with Gasteiger partial charge in [-0.05, 0) is 19.3 Å². The van der Waals surface area contributed by atoms with Gasteiger partial charge >= 0.3 is 5.97 Å². The summed E-state index contributed by atoms with van der Waals surface area (Å²) in [5.41, 5.74) is 5.45. The minimum absolute atomic E-state index is 0.267. The van der Waals surface area contributed by atoms with Crippen molar-refractivity contribution in [2.75, 3.05) is 0 Å². The van der Waals surface area contributed by atoms with Gasteiger partial charge in [-0.3, -0.25) is 9.59 Å². The maximum absolute atomic E-state index is 12.1. The number of hydrogen-bond donors (Lipinski definition) is 1. The molecular formula is C28H55NO3. The fourth-order valence-corrected chi connectivity index (χ4v) is 4.23. The SMILES string of the molecule is CCCCCCCCCCCCCC(=O)OC(CCCCCCCCCCCC)C(N)=O. The highest BCUT2D eigenvalue weighted by atomic mass is 16.5. The summed E-state index contributed by atoms with van der Waals surface area (Å²) < 4.78 is 5.37. The van der Waals surface area contributed by atoms with Crippen LogP contribution in [0.15, 0.2) is 0 Å². The predicted octanol–water partition coefficient (Wildman–Crippen LogP) is 8.40. The average Bonchev–Trinajstić information content (AvgIpc) is 2.77. The number of hydrogen-bond acceptors (Lipinski definition) is 3. The average molecular weight is 454 g/mol. The molecule has 0 saturated heterocycles. The van der Waals surface area contributed by atoms with Gasteiger partial charge in [0.1, 0.15) is 0 Å². The minimum Gasteiger partial charge on any atom is -0.452 e. The van der Waals surface area contributed by atoms with Gasteiger partial charge in [-0.25, -0.2) is 0 Å². The number of carbonyl (C=O) groups excluding carboxylic acids is 2. The second-order valence-electron chi connectivity index (χ2n) is 9.64. The summed E-state index contributed by atoms with van der Waals surface area (Å²) in [4.78, 5) is 23.7. The van der Waals surface area contributed by atoms with Crippen molar-refractivity contribution in [1.82, 2.24) is 0 Å². The minimum atomic E-state index is -0.746. The van der Waals surface area contributed by atoms with Gasteiger partial charge in [0.05, 0.1) is 0 Å². The molecule has 1 amide bonds. The van der Waals surface area contributed by atoms with Crippen LogP contribution in [0, 0.1) is 0 Å². The molecule has 2 N–H and O–H groups in total. The second kappa shape index (κ2) is 24.6. The predicted molar refractivity (Wildman–Crippen MR) is 137 cm³/mol. The van der Waals surface area contributed by atoms with Crippen LogP contribution in [0.1, 0.15) is 162 Å². The van der Waals surface area contributed by atoms with Gasteiger partial charge in [0.25, 0.3) is 5.91 Å². The molecule has 0 aromatic heterocycles. The first-order valence-corrected chi connectivity index (χ1v) is 14.1. The maximum Gasteiger partial charge on any atom is 0.306 e. The van der Waals surface area contributed by atoms with Crippen molar-refractivity contribution in [1.29, 1.82) is 0 Å². The van der Waals surface area contributed by atoms with Crippen molar-refractivity contribution in [2.45, 2.75) is 168 Å². The van der Waals surface area contributed by atoms with E-state index < -0.39 is 12.0 Å². The molecule has 1 unspecified atom stereocenters. The lowest BCUT2D eigenvalue weighted by atomic mass is 10.0. The second-order valence-corrected chi connectivity index (χ2v) is 9.64. The smallest absolute Gasteiger partial charge is 0.306 e. The highest BCUT2D eigenvalue weighted by molar-refractivity contribution is 5.82. The summed E-state index contributed by atoms with van der Waals surface area (Å²) in [6.45, 7) is 4.50. The standard InChI is InChI=1S/C28H55NO3/c1-3-5-7-9-11-13-15-17-19-21-23-25-27(30)32-26(28(29)31)24-22-20-18-16-14-12-10-8-6-4-2/h26H,3-25H2,1-2H3,(H2,29,31). The molecular weight excluding hydrogens is 398 g/mol. The lowest BCUT2D eigenvalue weighted by Gasteiger charge is -2.14. The van der Waals surface area contributed by atoms with Crippen molar-refractivity contribution in [3.63, 3.8) is 0 Å². The number of primary amides is 1. The highest BCUT2D eigenvalue weighted by Crippen LogP contribution is 2.15. The van der Waals surface area contributed by atoms with Gasteiger partial charge in [-0.15, -0.1) is 0 Å². The van der Waals surface area contributed by atoms with Gasteiger partial charge < -0.3 is 10.5 Å². The van der Waals surface area contributed by atoms with Crippen LogP contribution in [0.5, 0.6) is 0 Å². The molecule has 1 atom stereocenters. The van der Waals surface area contributed by atoms with E-state index in [1.165, 1.54) is 109 Å². The van der Waals surface area contributed by atoms with E-state index in [2.05, 4.69) is 13.8 Å². The largest absolute Gasteiger partial charge is 0.452 e. The number of ether oxygens (including phenoxy) is 1. The van der Waals surface area contributed by atoms with E-state index >= 15 is 0 Å². The highest BCUT2D eigenvalue weighted by Gasteiger charge is 2.19. The van der Waals surface area contributed by atoms with Crippen molar-refractivity contribution < 1.29 is 14.3 Å². The van der Waals surface area contributed by atoms with Crippen LogP contribution in [-0.4, -0.2) is 18.0 Å². The number of nitrogens with two attached hydrogens (primary N) is 1. The first-order chi connectivity index (χ1) is 15.6. The monoisotopic (exact) mass is 453 g/mol. The number of amides is 1. The quantitative estimate of drug-likeness (QED) is 0.111. The van der Waals surface area contributed by atoms with Crippen molar-refractivity contribution in [3.8, 4) is 0 Å².